The summed E-state index contributed by atoms with van der Waals surface area (Å²) in [7, 11) is 0. The molecule has 2 N–H and O–H groups in total. The molecule has 3 saturated heterocycles. The number of hydrogen-bond donors (Lipinski definition) is 2. The van der Waals surface area contributed by atoms with Crippen LogP contribution >= 0.6 is 0 Å². The third kappa shape index (κ3) is 5.02. The van der Waals surface area contributed by atoms with Crippen LogP contribution in [0.4, 0.5) is 10.2 Å². The van der Waals surface area contributed by atoms with Crippen LogP contribution < -0.4 is 15.0 Å². The topological polar surface area (TPSA) is 100 Å². The molecule has 246 valence electrons. The van der Waals surface area contributed by atoms with Crippen molar-refractivity contribution in [3.8, 4) is 35.2 Å². The van der Waals surface area contributed by atoms with E-state index in [1.54, 1.807) is 24.4 Å². The third-order valence-electron chi connectivity index (χ3n) is 10.8. The Labute approximate surface area is 277 Å². The van der Waals surface area contributed by atoms with Crippen LogP contribution in [0.5, 0.6) is 11.8 Å². The Kier molecular flexibility index (Phi) is 6.97. The van der Waals surface area contributed by atoms with Gasteiger partial charge >= 0.3 is 6.01 Å². The number of nitrogens with zero attached hydrogens (tertiary/aromatic N) is 6. The van der Waals surface area contributed by atoms with Gasteiger partial charge in [-0.25, -0.2) is 9.37 Å². The fraction of sp³-hybridized carbons (Fsp3) is 0.432. The molecule has 9 rings (SSSR count). The number of phenolic OH excluding ortho intramolecular Hbond substituents is 1. The number of anilines is 1. The van der Waals surface area contributed by atoms with E-state index in [4.69, 9.17) is 30.8 Å². The SMILES string of the molecule is C#Cc1c(F)ccc2cc(O)cc(-c3cc4nc(OCC5(CN6CCOC[C@@H]6C)CC5)nc(N5C[C@H]6CC[C@@H](C5)N6)c4n4ccnc34)c12. The van der Waals surface area contributed by atoms with Gasteiger partial charge in [0.05, 0.1) is 30.9 Å². The number of hydrogen-bond acceptors (Lipinski definition) is 9. The molecule has 1 aliphatic carbocycles. The van der Waals surface area contributed by atoms with Crippen molar-refractivity contribution in [1.29, 1.82) is 0 Å². The lowest BCUT2D eigenvalue weighted by molar-refractivity contribution is -0.0134. The molecule has 2 aromatic carbocycles. The van der Waals surface area contributed by atoms with E-state index in [0.717, 1.165) is 76.4 Å². The molecule has 1 saturated carbocycles. The number of morpholine rings is 1. The van der Waals surface area contributed by atoms with Gasteiger partial charge in [-0.3, -0.25) is 9.30 Å². The van der Waals surface area contributed by atoms with Gasteiger partial charge in [-0.2, -0.15) is 9.97 Å². The van der Waals surface area contributed by atoms with E-state index in [2.05, 4.69) is 28.0 Å². The molecule has 6 heterocycles. The molecule has 4 aliphatic rings. The molecule has 3 atom stereocenters. The molecule has 11 heteroatoms. The standard InChI is InChI=1S/C37H38FN7O3/c1-3-27-30(38)7-4-23-14-26(46)15-28(32(23)27)29-16-31-33(45-11-10-39-34(29)45)35(44-17-24-5-6-25(18-44)40-24)42-36(41-31)48-21-37(8-9-37)20-43-12-13-47-19-22(43)2/h1,4,7,10-11,14-16,22,24-25,40,46H,5-6,8-9,12-13,17-21H2,2H3/t22-,24-,25+/m0/s1. The van der Waals surface area contributed by atoms with Gasteiger partial charge in [-0.05, 0) is 67.8 Å². The van der Waals surface area contributed by atoms with Crippen molar-refractivity contribution in [3.05, 3.63) is 54.1 Å². The van der Waals surface area contributed by atoms with Crippen LogP contribution in [0.15, 0.2) is 42.7 Å². The zero-order valence-electron chi connectivity index (χ0n) is 27.0. The minimum atomic E-state index is -0.494. The van der Waals surface area contributed by atoms with Crippen LogP contribution in [0.3, 0.4) is 0 Å². The van der Waals surface area contributed by atoms with Crippen molar-refractivity contribution in [1.82, 2.24) is 29.6 Å². The normalized spacial score (nSPS) is 23.6. The number of terminal acetylenes is 1. The van der Waals surface area contributed by atoms with E-state index < -0.39 is 5.82 Å². The van der Waals surface area contributed by atoms with E-state index >= 15 is 4.39 Å². The second-order valence-electron chi connectivity index (χ2n) is 14.1. The summed E-state index contributed by atoms with van der Waals surface area (Å²) in [6.45, 7) is 7.86. The smallest absolute Gasteiger partial charge is 0.319 e. The molecule has 3 aliphatic heterocycles. The molecule has 5 aromatic rings. The second-order valence-corrected chi connectivity index (χ2v) is 14.1. The number of benzene rings is 2. The van der Waals surface area contributed by atoms with Crippen molar-refractivity contribution in [3.63, 3.8) is 0 Å². The first-order valence-corrected chi connectivity index (χ1v) is 16.9. The van der Waals surface area contributed by atoms with E-state index in [1.807, 2.05) is 16.7 Å². The van der Waals surface area contributed by atoms with E-state index in [1.165, 1.54) is 6.07 Å². The number of halogens is 1. The Morgan fingerprint density at radius 3 is 2.75 bits per heavy atom. The number of phenols is 1. The minimum Gasteiger partial charge on any atom is -0.508 e. The third-order valence-corrected chi connectivity index (χ3v) is 10.8. The Hall–Kier alpha value is -4.50. The van der Waals surface area contributed by atoms with Crippen molar-refractivity contribution in [2.75, 3.05) is 50.9 Å². The van der Waals surface area contributed by atoms with Crippen molar-refractivity contribution < 1.29 is 19.0 Å². The average molecular weight is 648 g/mol. The summed E-state index contributed by atoms with van der Waals surface area (Å²) in [5.74, 6) is 2.90. The number of aromatic hydroxyl groups is 1. The molecule has 0 spiro atoms. The van der Waals surface area contributed by atoms with Crippen LogP contribution in [-0.2, 0) is 4.74 Å². The molecule has 0 amide bonds. The van der Waals surface area contributed by atoms with Crippen LogP contribution in [0.25, 0.3) is 38.6 Å². The van der Waals surface area contributed by atoms with E-state index in [9.17, 15) is 5.11 Å². The van der Waals surface area contributed by atoms with Gasteiger partial charge in [0.2, 0.25) is 0 Å². The summed E-state index contributed by atoms with van der Waals surface area (Å²) in [6, 6.07) is 9.66. The van der Waals surface area contributed by atoms with E-state index in [-0.39, 0.29) is 16.7 Å². The summed E-state index contributed by atoms with van der Waals surface area (Å²) < 4.78 is 29.3. The summed E-state index contributed by atoms with van der Waals surface area (Å²) in [4.78, 5) is 19.8. The van der Waals surface area contributed by atoms with Crippen LogP contribution in [0.1, 0.15) is 38.2 Å². The number of ether oxygens (including phenoxy) is 2. The van der Waals surface area contributed by atoms with Gasteiger partial charge < -0.3 is 24.8 Å². The predicted molar refractivity (Wildman–Crippen MR) is 182 cm³/mol. The van der Waals surface area contributed by atoms with Crippen molar-refractivity contribution >= 4 is 33.3 Å². The Balaban J connectivity index is 1.19. The summed E-state index contributed by atoms with van der Waals surface area (Å²) in [6.07, 6.45) is 14.0. The van der Waals surface area contributed by atoms with Crippen molar-refractivity contribution in [2.24, 2.45) is 5.41 Å². The number of imidazole rings is 1. The summed E-state index contributed by atoms with van der Waals surface area (Å²) in [5, 5.41) is 15.7. The highest BCUT2D eigenvalue weighted by Gasteiger charge is 2.46. The van der Waals surface area contributed by atoms with Crippen LogP contribution in [0.2, 0.25) is 0 Å². The quantitative estimate of drug-likeness (QED) is 0.243. The van der Waals surface area contributed by atoms with Crippen LogP contribution in [-0.4, -0.2) is 93.5 Å². The molecule has 3 aromatic heterocycles. The van der Waals surface area contributed by atoms with Gasteiger partial charge in [0.1, 0.15) is 22.7 Å². The van der Waals surface area contributed by atoms with E-state index in [0.29, 0.717) is 63.8 Å². The molecule has 0 radical (unpaired) electrons. The Bertz CT molecular complexity index is 2110. The predicted octanol–water partition coefficient (Wildman–Crippen LogP) is 4.74. The van der Waals surface area contributed by atoms with Crippen LogP contribution in [0, 0.1) is 23.6 Å². The van der Waals surface area contributed by atoms with Gasteiger partial charge in [-0.1, -0.05) is 12.0 Å². The maximum absolute atomic E-state index is 15.1. The summed E-state index contributed by atoms with van der Waals surface area (Å²) >= 11 is 0. The fourth-order valence-corrected chi connectivity index (χ4v) is 8.06. The fourth-order valence-electron chi connectivity index (χ4n) is 8.06. The number of pyridine rings is 1. The lowest BCUT2D eigenvalue weighted by atomic mass is 9.94. The molecule has 0 unspecified atom stereocenters. The number of rotatable bonds is 7. The molecule has 48 heavy (non-hydrogen) atoms. The second kappa shape index (κ2) is 11.3. The summed E-state index contributed by atoms with van der Waals surface area (Å²) in [5.41, 5.74) is 3.60. The molecular formula is C37H38FN7O3. The maximum atomic E-state index is 15.1. The molecule has 10 nitrogen and oxygen atoms in total. The van der Waals surface area contributed by atoms with Gasteiger partial charge in [0, 0.05) is 73.1 Å². The number of nitrogens with one attached hydrogen (secondary N) is 1. The number of aromatic nitrogens is 4. The maximum Gasteiger partial charge on any atom is 0.319 e. The first-order valence-electron chi connectivity index (χ1n) is 16.9. The van der Waals surface area contributed by atoms with Gasteiger partial charge in [-0.15, -0.1) is 6.42 Å². The highest BCUT2D eigenvalue weighted by atomic mass is 19.1. The number of piperazine rings is 1. The minimum absolute atomic E-state index is 0.0462. The van der Waals surface area contributed by atoms with Gasteiger partial charge in [0.25, 0.3) is 0 Å². The lowest BCUT2D eigenvalue weighted by Gasteiger charge is -2.36. The Morgan fingerprint density at radius 1 is 1.15 bits per heavy atom. The van der Waals surface area contributed by atoms with Crippen molar-refractivity contribution in [2.45, 2.75) is 50.7 Å². The highest BCUT2D eigenvalue weighted by molar-refractivity contribution is 6.06. The first-order chi connectivity index (χ1) is 23.4. The highest BCUT2D eigenvalue weighted by Crippen LogP contribution is 2.47. The molecule has 2 bridgehead atoms. The zero-order valence-corrected chi connectivity index (χ0v) is 27.0. The average Bonchev–Trinajstić information content (AvgIpc) is 3.51. The van der Waals surface area contributed by atoms with Gasteiger partial charge in [0.15, 0.2) is 5.82 Å². The number of fused-ring (bicyclic) bond motifs is 6. The molecular weight excluding hydrogens is 609 g/mol. The largest absolute Gasteiger partial charge is 0.508 e. The monoisotopic (exact) mass is 647 g/mol. The Morgan fingerprint density at radius 2 is 1.98 bits per heavy atom. The molecule has 4 fully saturated rings. The zero-order chi connectivity index (χ0) is 32.6. The first kappa shape index (κ1) is 29.6. The lowest BCUT2D eigenvalue weighted by Crippen LogP contribution is -2.51.